The van der Waals surface area contributed by atoms with Crippen LogP contribution in [0.4, 0.5) is 5.69 Å². The second kappa shape index (κ2) is 5.47. The van der Waals surface area contributed by atoms with E-state index in [1.54, 1.807) is 19.2 Å². The molecule has 0 saturated heterocycles. The summed E-state index contributed by atoms with van der Waals surface area (Å²) in [6, 6.07) is 1.75. The van der Waals surface area contributed by atoms with Crippen LogP contribution in [0.2, 0.25) is 0 Å². The van der Waals surface area contributed by atoms with Gasteiger partial charge in [0.1, 0.15) is 5.82 Å². The summed E-state index contributed by atoms with van der Waals surface area (Å²) in [7, 11) is 0. The number of nitrogen functional groups attached to an aromatic ring is 1. The summed E-state index contributed by atoms with van der Waals surface area (Å²) in [5, 5.41) is 9.40. The molecule has 0 bridgehead atoms. The monoisotopic (exact) mass is 260 g/mol. The Kier molecular flexibility index (Phi) is 3.74. The molecule has 0 saturated carbocycles. The lowest BCUT2D eigenvalue weighted by Gasteiger charge is -2.04. The van der Waals surface area contributed by atoms with Gasteiger partial charge in [-0.2, -0.15) is 5.10 Å². The van der Waals surface area contributed by atoms with Gasteiger partial charge in [-0.3, -0.25) is 9.89 Å². The third-order valence-corrected chi connectivity index (χ3v) is 2.72. The van der Waals surface area contributed by atoms with Crippen molar-refractivity contribution in [2.24, 2.45) is 0 Å². The summed E-state index contributed by atoms with van der Waals surface area (Å²) >= 11 is 0. The second-order valence-corrected chi connectivity index (χ2v) is 4.10. The Labute approximate surface area is 110 Å². The van der Waals surface area contributed by atoms with Gasteiger partial charge >= 0.3 is 0 Å². The number of nitrogens with one attached hydrogen (secondary N) is 2. The molecule has 0 spiro atoms. The SMILES string of the molecule is CCc1[nH]nc(C(=O)NCc2ccnc(C)n2)c1N. The smallest absolute Gasteiger partial charge is 0.274 e. The Morgan fingerprint density at radius 3 is 2.95 bits per heavy atom. The van der Waals surface area contributed by atoms with Gasteiger partial charge in [-0.15, -0.1) is 0 Å². The van der Waals surface area contributed by atoms with Crippen LogP contribution in [0.25, 0.3) is 0 Å². The van der Waals surface area contributed by atoms with Crippen molar-refractivity contribution in [1.82, 2.24) is 25.5 Å². The first-order chi connectivity index (χ1) is 9.11. The number of nitrogens with zero attached hydrogens (tertiary/aromatic N) is 3. The zero-order chi connectivity index (χ0) is 13.8. The van der Waals surface area contributed by atoms with Crippen molar-refractivity contribution < 1.29 is 4.79 Å². The zero-order valence-electron chi connectivity index (χ0n) is 10.9. The van der Waals surface area contributed by atoms with Gasteiger partial charge in [-0.05, 0) is 19.4 Å². The third-order valence-electron chi connectivity index (χ3n) is 2.72. The maximum atomic E-state index is 11.9. The summed E-state index contributed by atoms with van der Waals surface area (Å²) in [5.41, 5.74) is 7.96. The maximum Gasteiger partial charge on any atom is 0.274 e. The number of carbonyl (C=O) groups excluding carboxylic acids is 1. The van der Waals surface area contributed by atoms with Crippen LogP contribution in [0.3, 0.4) is 0 Å². The molecule has 7 nitrogen and oxygen atoms in total. The first kappa shape index (κ1) is 13.0. The van der Waals surface area contributed by atoms with E-state index in [-0.39, 0.29) is 11.6 Å². The van der Waals surface area contributed by atoms with Crippen LogP contribution >= 0.6 is 0 Å². The molecule has 2 aromatic rings. The largest absolute Gasteiger partial charge is 0.395 e. The van der Waals surface area contributed by atoms with Crippen LogP contribution in [-0.4, -0.2) is 26.1 Å². The molecule has 1 amide bonds. The lowest BCUT2D eigenvalue weighted by Crippen LogP contribution is -2.24. The Balaban J connectivity index is 2.03. The fourth-order valence-electron chi connectivity index (χ4n) is 1.69. The molecule has 2 heterocycles. The minimum atomic E-state index is -0.315. The molecular weight excluding hydrogens is 244 g/mol. The van der Waals surface area contributed by atoms with E-state index in [1.165, 1.54) is 0 Å². The number of anilines is 1. The van der Waals surface area contributed by atoms with Crippen molar-refractivity contribution in [1.29, 1.82) is 0 Å². The minimum absolute atomic E-state index is 0.225. The van der Waals surface area contributed by atoms with Gasteiger partial charge in [0.05, 0.1) is 23.6 Å². The highest BCUT2D eigenvalue weighted by Crippen LogP contribution is 2.14. The molecule has 0 unspecified atom stereocenters. The van der Waals surface area contributed by atoms with Gasteiger partial charge in [-0.25, -0.2) is 9.97 Å². The first-order valence-corrected chi connectivity index (χ1v) is 6.01. The van der Waals surface area contributed by atoms with E-state index in [1.807, 2.05) is 6.92 Å². The van der Waals surface area contributed by atoms with Gasteiger partial charge < -0.3 is 11.1 Å². The number of aromatic nitrogens is 4. The number of hydrogen-bond donors (Lipinski definition) is 3. The molecule has 0 aromatic carbocycles. The van der Waals surface area contributed by atoms with Gasteiger partial charge in [-0.1, -0.05) is 6.92 Å². The topological polar surface area (TPSA) is 110 Å². The lowest BCUT2D eigenvalue weighted by atomic mass is 10.2. The predicted molar refractivity (Wildman–Crippen MR) is 70.3 cm³/mol. The highest BCUT2D eigenvalue weighted by Gasteiger charge is 2.16. The van der Waals surface area contributed by atoms with Gasteiger partial charge in [0.15, 0.2) is 5.69 Å². The Morgan fingerprint density at radius 2 is 2.32 bits per heavy atom. The molecule has 2 aromatic heterocycles. The molecule has 0 aliphatic heterocycles. The Morgan fingerprint density at radius 1 is 1.53 bits per heavy atom. The molecule has 4 N–H and O–H groups in total. The number of aromatic amines is 1. The number of aryl methyl sites for hydroxylation is 2. The molecule has 19 heavy (non-hydrogen) atoms. The summed E-state index contributed by atoms with van der Waals surface area (Å²) in [5.74, 6) is 0.351. The van der Waals surface area contributed by atoms with Crippen molar-refractivity contribution in [3.05, 3.63) is 35.2 Å². The number of amides is 1. The van der Waals surface area contributed by atoms with Crippen molar-refractivity contribution >= 4 is 11.6 Å². The van der Waals surface area contributed by atoms with E-state index in [4.69, 9.17) is 5.73 Å². The molecule has 100 valence electrons. The molecule has 2 rings (SSSR count). The highest BCUT2D eigenvalue weighted by molar-refractivity contribution is 5.97. The molecule has 0 aliphatic rings. The number of nitrogens with two attached hydrogens (primary N) is 1. The molecule has 7 heteroatoms. The van der Waals surface area contributed by atoms with E-state index in [2.05, 4.69) is 25.5 Å². The Bertz CT molecular complexity index is 592. The molecular formula is C12H16N6O. The minimum Gasteiger partial charge on any atom is -0.395 e. The molecule has 0 radical (unpaired) electrons. The van der Waals surface area contributed by atoms with Crippen molar-refractivity contribution in [2.45, 2.75) is 26.8 Å². The maximum absolute atomic E-state index is 11.9. The Hall–Kier alpha value is -2.44. The number of carbonyl (C=O) groups is 1. The van der Waals surface area contributed by atoms with Crippen LogP contribution in [0, 0.1) is 6.92 Å². The van der Waals surface area contributed by atoms with E-state index in [0.29, 0.717) is 24.5 Å². The third kappa shape index (κ3) is 2.87. The van der Waals surface area contributed by atoms with Crippen molar-refractivity contribution in [3.8, 4) is 0 Å². The fraction of sp³-hybridized carbons (Fsp3) is 0.333. The summed E-state index contributed by atoms with van der Waals surface area (Å²) in [4.78, 5) is 20.1. The molecule has 0 aliphatic carbocycles. The van der Waals surface area contributed by atoms with Crippen molar-refractivity contribution in [2.75, 3.05) is 5.73 Å². The van der Waals surface area contributed by atoms with Gasteiger partial charge in [0.25, 0.3) is 5.91 Å². The van der Waals surface area contributed by atoms with Crippen LogP contribution < -0.4 is 11.1 Å². The van der Waals surface area contributed by atoms with E-state index in [9.17, 15) is 4.79 Å². The number of H-pyrrole nitrogens is 1. The van der Waals surface area contributed by atoms with Gasteiger partial charge in [0, 0.05) is 6.20 Å². The highest BCUT2D eigenvalue weighted by atomic mass is 16.1. The van der Waals surface area contributed by atoms with Crippen LogP contribution in [-0.2, 0) is 13.0 Å². The van der Waals surface area contributed by atoms with Gasteiger partial charge in [0.2, 0.25) is 0 Å². The summed E-state index contributed by atoms with van der Waals surface area (Å²) in [6.07, 6.45) is 2.36. The average Bonchev–Trinajstić information content (AvgIpc) is 2.77. The lowest BCUT2D eigenvalue weighted by molar-refractivity contribution is 0.0946. The van der Waals surface area contributed by atoms with E-state index in [0.717, 1.165) is 11.4 Å². The second-order valence-electron chi connectivity index (χ2n) is 4.10. The quantitative estimate of drug-likeness (QED) is 0.745. The van der Waals surface area contributed by atoms with E-state index < -0.39 is 0 Å². The van der Waals surface area contributed by atoms with E-state index >= 15 is 0 Å². The zero-order valence-corrected chi connectivity index (χ0v) is 10.9. The normalized spacial score (nSPS) is 10.4. The molecule has 0 atom stereocenters. The number of hydrogen-bond acceptors (Lipinski definition) is 5. The number of rotatable bonds is 4. The average molecular weight is 260 g/mol. The van der Waals surface area contributed by atoms with Crippen LogP contribution in [0.1, 0.15) is 34.6 Å². The van der Waals surface area contributed by atoms with Crippen molar-refractivity contribution in [3.63, 3.8) is 0 Å². The first-order valence-electron chi connectivity index (χ1n) is 6.01. The summed E-state index contributed by atoms with van der Waals surface area (Å²) in [6.45, 7) is 4.05. The van der Waals surface area contributed by atoms with Crippen LogP contribution in [0.5, 0.6) is 0 Å². The standard InChI is InChI=1S/C12H16N6O/c1-3-9-10(13)11(18-17-9)12(19)15-6-8-4-5-14-7(2)16-8/h4-5H,3,6,13H2,1-2H3,(H,15,19)(H,17,18). The summed E-state index contributed by atoms with van der Waals surface area (Å²) < 4.78 is 0. The fourth-order valence-corrected chi connectivity index (χ4v) is 1.69. The predicted octanol–water partition coefficient (Wildman–Crippen LogP) is 0.583. The van der Waals surface area contributed by atoms with Crippen LogP contribution in [0.15, 0.2) is 12.3 Å². The molecule has 0 fully saturated rings.